The summed E-state index contributed by atoms with van der Waals surface area (Å²) in [7, 11) is -4.19. The normalized spacial score (nSPS) is 13.6. The van der Waals surface area contributed by atoms with Gasteiger partial charge in [0.15, 0.2) is 0 Å². The molecule has 0 saturated heterocycles. The molecule has 0 saturated carbocycles. The summed E-state index contributed by atoms with van der Waals surface area (Å²) in [5.41, 5.74) is -1.49. The average Bonchev–Trinajstić information content (AvgIpc) is 1.43. The van der Waals surface area contributed by atoms with Crippen molar-refractivity contribution in [3.05, 3.63) is 0 Å². The van der Waals surface area contributed by atoms with Crippen molar-refractivity contribution in [1.29, 1.82) is 0 Å². The van der Waals surface area contributed by atoms with Crippen LogP contribution in [0.1, 0.15) is 41.5 Å². The first kappa shape index (κ1) is 18.5. The molecule has 0 aromatic carbocycles. The second-order valence-electron chi connectivity index (χ2n) is 4.85. The molecular weight excluding hydrogens is 324 g/mol. The summed E-state index contributed by atoms with van der Waals surface area (Å²) in [6.45, 7) is 9.94. The van der Waals surface area contributed by atoms with E-state index in [2.05, 4.69) is 0 Å². The summed E-state index contributed by atoms with van der Waals surface area (Å²) in [4.78, 5) is 11.2. The van der Waals surface area contributed by atoms with E-state index in [1.807, 2.05) is 0 Å². The maximum atomic E-state index is 11.2. The molecule has 0 radical (unpaired) electrons. The van der Waals surface area contributed by atoms with Crippen molar-refractivity contribution in [2.75, 3.05) is 0 Å². The van der Waals surface area contributed by atoms with Crippen LogP contribution in [-0.2, 0) is 13.6 Å². The molecule has 0 amide bonds. The molecular formula is C8H18CsO4P. The molecule has 80 valence electrons. The van der Waals surface area contributed by atoms with Crippen LogP contribution in [0, 0.1) is 0 Å². The standard InChI is InChI=1S/C8H19O4P.Cs/c1-7(2,3)11-13(9,10)12-8(4,5)6;/h1-6H3,(H,9,10);/q;+1/p-1. The van der Waals surface area contributed by atoms with E-state index < -0.39 is 19.0 Å². The smallest absolute Gasteiger partial charge is 0.756 e. The van der Waals surface area contributed by atoms with Gasteiger partial charge in [0, 0.05) is 0 Å². The number of hydrogen-bond donors (Lipinski definition) is 0. The minimum absolute atomic E-state index is 0. The molecule has 0 spiro atoms. The van der Waals surface area contributed by atoms with Crippen LogP contribution in [0.5, 0.6) is 0 Å². The Bertz CT molecular complexity index is 196. The Labute approximate surface area is 145 Å². The van der Waals surface area contributed by atoms with Crippen molar-refractivity contribution in [2.45, 2.75) is 52.7 Å². The molecule has 0 atom stereocenters. The first-order valence-corrected chi connectivity index (χ1v) is 5.60. The van der Waals surface area contributed by atoms with Crippen LogP contribution in [0.3, 0.4) is 0 Å². The predicted octanol–water partition coefficient (Wildman–Crippen LogP) is -0.911. The predicted molar refractivity (Wildman–Crippen MR) is 49.3 cm³/mol. The third-order valence-electron chi connectivity index (χ3n) is 0.771. The van der Waals surface area contributed by atoms with Gasteiger partial charge in [0.05, 0.1) is 11.2 Å². The zero-order valence-electron chi connectivity index (χ0n) is 10.1. The minimum atomic E-state index is -4.19. The minimum Gasteiger partial charge on any atom is -0.756 e. The molecule has 0 aromatic heterocycles. The Kier molecular flexibility index (Phi) is 8.19. The Morgan fingerprint density at radius 3 is 1.29 bits per heavy atom. The van der Waals surface area contributed by atoms with Gasteiger partial charge in [0.25, 0.3) is 7.82 Å². The average molecular weight is 342 g/mol. The summed E-state index contributed by atoms with van der Waals surface area (Å²) in [6, 6.07) is 0. The third kappa shape index (κ3) is 12.2. The second-order valence-corrected chi connectivity index (χ2v) is 6.11. The summed E-state index contributed by atoms with van der Waals surface area (Å²) >= 11 is 0. The van der Waals surface area contributed by atoms with E-state index >= 15 is 0 Å². The van der Waals surface area contributed by atoms with Gasteiger partial charge in [-0.25, -0.2) is 0 Å². The molecule has 0 aliphatic heterocycles. The second kappa shape index (κ2) is 6.19. The van der Waals surface area contributed by atoms with E-state index in [-0.39, 0.29) is 68.9 Å². The van der Waals surface area contributed by atoms with E-state index in [1.165, 1.54) is 0 Å². The van der Waals surface area contributed by atoms with Crippen LogP contribution in [0.15, 0.2) is 0 Å². The summed E-state index contributed by atoms with van der Waals surface area (Å²) in [5, 5.41) is 0. The van der Waals surface area contributed by atoms with E-state index in [4.69, 9.17) is 9.05 Å². The largest absolute Gasteiger partial charge is 1.00 e. The molecule has 0 unspecified atom stereocenters. The van der Waals surface area contributed by atoms with Gasteiger partial charge in [0.2, 0.25) is 0 Å². The summed E-state index contributed by atoms with van der Waals surface area (Å²) in [5.74, 6) is 0. The fourth-order valence-corrected chi connectivity index (χ4v) is 2.07. The number of phosphoric ester groups is 1. The van der Waals surface area contributed by atoms with Gasteiger partial charge in [0.1, 0.15) is 0 Å². The van der Waals surface area contributed by atoms with E-state index in [1.54, 1.807) is 41.5 Å². The van der Waals surface area contributed by atoms with Crippen LogP contribution in [-0.4, -0.2) is 11.2 Å². The molecule has 14 heavy (non-hydrogen) atoms. The number of rotatable bonds is 2. The Balaban J connectivity index is 0. The van der Waals surface area contributed by atoms with Crippen molar-refractivity contribution in [1.82, 2.24) is 0 Å². The van der Waals surface area contributed by atoms with Gasteiger partial charge in [-0.1, -0.05) is 0 Å². The SMILES string of the molecule is CC(C)(C)OP(=O)([O-])OC(C)(C)C.[Cs+]. The van der Waals surface area contributed by atoms with Crippen molar-refractivity contribution < 1.29 is 87.4 Å². The third-order valence-corrected chi connectivity index (χ3v) is 2.31. The van der Waals surface area contributed by atoms with Crippen molar-refractivity contribution >= 4 is 7.82 Å². The molecule has 0 rings (SSSR count). The number of phosphoric acid groups is 1. The fraction of sp³-hybridized carbons (Fsp3) is 1.00. The van der Waals surface area contributed by atoms with E-state index in [0.717, 1.165) is 0 Å². The van der Waals surface area contributed by atoms with Gasteiger partial charge in [-0.2, -0.15) is 0 Å². The molecule has 6 heteroatoms. The molecule has 4 nitrogen and oxygen atoms in total. The molecule has 0 aliphatic rings. The van der Waals surface area contributed by atoms with Crippen LogP contribution in [0.25, 0.3) is 0 Å². The maximum Gasteiger partial charge on any atom is 1.00 e. The van der Waals surface area contributed by atoms with Crippen molar-refractivity contribution in [3.63, 3.8) is 0 Å². The van der Waals surface area contributed by atoms with Crippen LogP contribution < -0.4 is 73.8 Å². The molecule has 0 aromatic rings. The van der Waals surface area contributed by atoms with Crippen molar-refractivity contribution in [2.24, 2.45) is 0 Å². The topological polar surface area (TPSA) is 58.6 Å². The summed E-state index contributed by atoms with van der Waals surface area (Å²) in [6.07, 6.45) is 0. The maximum absolute atomic E-state index is 11.2. The van der Waals surface area contributed by atoms with E-state index in [9.17, 15) is 9.46 Å². The Morgan fingerprint density at radius 2 is 1.14 bits per heavy atom. The van der Waals surface area contributed by atoms with Gasteiger partial charge in [-0.05, 0) is 41.5 Å². The van der Waals surface area contributed by atoms with Gasteiger partial charge in [-0.3, -0.25) is 4.57 Å². The Morgan fingerprint density at radius 1 is 0.929 bits per heavy atom. The number of hydrogen-bond acceptors (Lipinski definition) is 4. The van der Waals surface area contributed by atoms with E-state index in [0.29, 0.717) is 0 Å². The molecule has 0 bridgehead atoms. The quantitative estimate of drug-likeness (QED) is 0.610. The molecule has 0 fully saturated rings. The Hall–Kier alpha value is 2.16. The molecule has 0 heterocycles. The zero-order valence-corrected chi connectivity index (χ0v) is 17.3. The molecule has 0 N–H and O–H groups in total. The monoisotopic (exact) mass is 342 g/mol. The first-order chi connectivity index (χ1) is 5.41. The van der Waals surface area contributed by atoms with Gasteiger partial charge in [-0.15, -0.1) is 0 Å². The van der Waals surface area contributed by atoms with Gasteiger partial charge < -0.3 is 13.9 Å². The van der Waals surface area contributed by atoms with Crippen LogP contribution in [0.2, 0.25) is 0 Å². The van der Waals surface area contributed by atoms with Gasteiger partial charge >= 0.3 is 68.9 Å². The summed E-state index contributed by atoms with van der Waals surface area (Å²) < 4.78 is 20.8. The zero-order chi connectivity index (χ0) is 10.9. The van der Waals surface area contributed by atoms with Crippen molar-refractivity contribution in [3.8, 4) is 0 Å². The van der Waals surface area contributed by atoms with Crippen LogP contribution >= 0.6 is 7.82 Å². The molecule has 0 aliphatic carbocycles. The van der Waals surface area contributed by atoms with Crippen LogP contribution in [0.4, 0.5) is 0 Å². The fourth-order valence-electron chi connectivity index (χ4n) is 0.689. The first-order valence-electron chi connectivity index (χ1n) is 4.14.